The van der Waals surface area contributed by atoms with E-state index in [2.05, 4.69) is 10.4 Å². The molecule has 1 heterocycles. The summed E-state index contributed by atoms with van der Waals surface area (Å²) in [6, 6.07) is 16.4. The molecule has 3 rings (SSSR count). The van der Waals surface area contributed by atoms with Gasteiger partial charge in [-0.1, -0.05) is 30.3 Å². The first kappa shape index (κ1) is 17.4. The summed E-state index contributed by atoms with van der Waals surface area (Å²) in [6.07, 6.45) is 4.20. The molecule has 3 aromatic rings. The van der Waals surface area contributed by atoms with Gasteiger partial charge in [0.15, 0.2) is 0 Å². The molecular formula is C20H19N3O3. The summed E-state index contributed by atoms with van der Waals surface area (Å²) >= 11 is 0. The lowest BCUT2D eigenvalue weighted by atomic mass is 10.1. The second kappa shape index (κ2) is 8.11. The van der Waals surface area contributed by atoms with Crippen LogP contribution in [0.25, 0.3) is 5.69 Å². The maximum Gasteiger partial charge on any atom is 0.305 e. The van der Waals surface area contributed by atoms with Crippen LogP contribution in [0.4, 0.5) is 5.69 Å². The lowest BCUT2D eigenvalue weighted by molar-refractivity contribution is -0.140. The first-order valence-corrected chi connectivity index (χ1v) is 8.24. The van der Waals surface area contributed by atoms with Crippen LogP contribution in [-0.2, 0) is 16.0 Å². The molecule has 1 aromatic heterocycles. The molecule has 0 saturated heterocycles. The second-order valence-corrected chi connectivity index (χ2v) is 5.66. The van der Waals surface area contributed by atoms with Gasteiger partial charge < -0.3 is 10.1 Å². The Morgan fingerprint density at radius 3 is 2.58 bits per heavy atom. The number of aromatic nitrogens is 2. The molecular weight excluding hydrogens is 330 g/mol. The van der Waals surface area contributed by atoms with Crippen molar-refractivity contribution >= 4 is 17.6 Å². The van der Waals surface area contributed by atoms with Gasteiger partial charge >= 0.3 is 5.97 Å². The number of ether oxygens (including phenoxy) is 1. The van der Waals surface area contributed by atoms with Crippen LogP contribution in [0, 0.1) is 0 Å². The van der Waals surface area contributed by atoms with Crippen molar-refractivity contribution in [3.05, 3.63) is 78.1 Å². The third-order valence-electron chi connectivity index (χ3n) is 3.96. The number of nitrogens with zero attached hydrogens (tertiary/aromatic N) is 2. The number of para-hydroxylation sites is 1. The number of anilines is 1. The summed E-state index contributed by atoms with van der Waals surface area (Å²) in [7, 11) is 1.37. The van der Waals surface area contributed by atoms with E-state index in [0.29, 0.717) is 17.7 Å². The lowest BCUT2D eigenvalue weighted by Gasteiger charge is -2.15. The minimum Gasteiger partial charge on any atom is -0.469 e. The zero-order chi connectivity index (χ0) is 18.4. The number of rotatable bonds is 6. The lowest BCUT2D eigenvalue weighted by Crippen LogP contribution is -2.15. The molecule has 0 bridgehead atoms. The average Bonchev–Trinajstić information content (AvgIpc) is 3.21. The molecule has 0 aliphatic carbocycles. The number of carbonyl (C=O) groups is 2. The van der Waals surface area contributed by atoms with Crippen molar-refractivity contribution in [1.29, 1.82) is 0 Å². The van der Waals surface area contributed by atoms with Crippen LogP contribution in [0.3, 0.4) is 0 Å². The molecule has 6 nitrogen and oxygen atoms in total. The van der Waals surface area contributed by atoms with Crippen molar-refractivity contribution in [1.82, 2.24) is 9.78 Å². The van der Waals surface area contributed by atoms with Crippen molar-refractivity contribution in [2.75, 3.05) is 12.4 Å². The molecule has 1 N–H and O–H groups in total. The first-order valence-electron chi connectivity index (χ1n) is 8.24. The van der Waals surface area contributed by atoms with Crippen LogP contribution in [0.15, 0.2) is 67.0 Å². The van der Waals surface area contributed by atoms with Crippen LogP contribution < -0.4 is 5.32 Å². The zero-order valence-electron chi connectivity index (χ0n) is 14.4. The molecule has 0 radical (unpaired) electrons. The number of benzene rings is 2. The van der Waals surface area contributed by atoms with Gasteiger partial charge in [0.1, 0.15) is 0 Å². The highest BCUT2D eigenvalue weighted by atomic mass is 16.5. The van der Waals surface area contributed by atoms with Crippen LogP contribution in [0.2, 0.25) is 0 Å². The number of nitrogens with one attached hydrogen (secondary N) is 1. The highest BCUT2D eigenvalue weighted by molar-refractivity contribution is 6.05. The van der Waals surface area contributed by atoms with E-state index in [0.717, 1.165) is 11.3 Å². The molecule has 0 aliphatic rings. The normalized spacial score (nSPS) is 10.3. The van der Waals surface area contributed by atoms with Crippen molar-refractivity contribution in [2.45, 2.75) is 12.8 Å². The van der Waals surface area contributed by atoms with Gasteiger partial charge in [0.25, 0.3) is 5.91 Å². The highest BCUT2D eigenvalue weighted by Crippen LogP contribution is 2.26. The Morgan fingerprint density at radius 1 is 1.08 bits per heavy atom. The number of hydrogen-bond donors (Lipinski definition) is 1. The van der Waals surface area contributed by atoms with Gasteiger partial charge in [-0.05, 0) is 36.2 Å². The summed E-state index contributed by atoms with van der Waals surface area (Å²) in [5, 5.41) is 7.23. The number of esters is 1. The standard InChI is InChI=1S/C20H19N3O3/c1-26-18(24)12-11-15-9-5-10-17(19(15)23-14-6-13-21-23)22-20(25)16-7-3-2-4-8-16/h2-10,13-14H,11-12H2,1H3,(H,22,25). The van der Waals surface area contributed by atoms with E-state index in [9.17, 15) is 9.59 Å². The van der Waals surface area contributed by atoms with Gasteiger partial charge in [-0.25, -0.2) is 4.68 Å². The van der Waals surface area contributed by atoms with Gasteiger partial charge in [0, 0.05) is 24.4 Å². The van der Waals surface area contributed by atoms with E-state index in [1.165, 1.54) is 7.11 Å². The van der Waals surface area contributed by atoms with Gasteiger partial charge in [-0.3, -0.25) is 9.59 Å². The van der Waals surface area contributed by atoms with Gasteiger partial charge in [0.2, 0.25) is 0 Å². The Labute approximate surface area is 151 Å². The van der Waals surface area contributed by atoms with Crippen molar-refractivity contribution in [3.63, 3.8) is 0 Å². The average molecular weight is 349 g/mol. The summed E-state index contributed by atoms with van der Waals surface area (Å²) < 4.78 is 6.41. The third kappa shape index (κ3) is 3.97. The van der Waals surface area contributed by atoms with E-state index in [1.54, 1.807) is 35.3 Å². The maximum absolute atomic E-state index is 12.5. The minimum absolute atomic E-state index is 0.205. The smallest absolute Gasteiger partial charge is 0.305 e. The summed E-state index contributed by atoms with van der Waals surface area (Å²) in [4.78, 5) is 24.1. The molecule has 2 aromatic carbocycles. The van der Waals surface area contributed by atoms with Gasteiger partial charge in [0.05, 0.1) is 18.5 Å². The molecule has 1 amide bonds. The number of carbonyl (C=O) groups excluding carboxylic acids is 2. The van der Waals surface area contributed by atoms with E-state index < -0.39 is 0 Å². The Kier molecular flexibility index (Phi) is 5.43. The Bertz CT molecular complexity index is 890. The maximum atomic E-state index is 12.5. The number of amides is 1. The third-order valence-corrected chi connectivity index (χ3v) is 3.96. The first-order chi connectivity index (χ1) is 12.7. The quantitative estimate of drug-likeness (QED) is 0.694. The van der Waals surface area contributed by atoms with Crippen LogP contribution >= 0.6 is 0 Å². The molecule has 0 spiro atoms. The molecule has 132 valence electrons. The summed E-state index contributed by atoms with van der Waals surface area (Å²) in [5.74, 6) is -0.487. The molecule has 0 aliphatic heterocycles. The molecule has 0 fully saturated rings. The Hall–Kier alpha value is -3.41. The van der Waals surface area contributed by atoms with E-state index in [1.807, 2.05) is 36.4 Å². The Morgan fingerprint density at radius 2 is 1.88 bits per heavy atom. The van der Waals surface area contributed by atoms with Crippen LogP contribution in [-0.4, -0.2) is 28.8 Å². The summed E-state index contributed by atoms with van der Waals surface area (Å²) in [5.41, 5.74) is 2.83. The van der Waals surface area contributed by atoms with Crippen molar-refractivity contribution in [2.24, 2.45) is 0 Å². The van der Waals surface area contributed by atoms with E-state index >= 15 is 0 Å². The van der Waals surface area contributed by atoms with Crippen LogP contribution in [0.5, 0.6) is 0 Å². The van der Waals surface area contributed by atoms with E-state index in [-0.39, 0.29) is 18.3 Å². The largest absolute Gasteiger partial charge is 0.469 e. The molecule has 0 atom stereocenters. The minimum atomic E-state index is -0.282. The van der Waals surface area contributed by atoms with E-state index in [4.69, 9.17) is 4.74 Å². The number of aryl methyl sites for hydroxylation is 1. The predicted octanol–water partition coefficient (Wildman–Crippen LogP) is 3.23. The fourth-order valence-corrected chi connectivity index (χ4v) is 2.69. The number of hydrogen-bond acceptors (Lipinski definition) is 4. The van der Waals surface area contributed by atoms with Gasteiger partial charge in [-0.2, -0.15) is 5.10 Å². The topological polar surface area (TPSA) is 73.2 Å². The molecule has 6 heteroatoms. The predicted molar refractivity (Wildman–Crippen MR) is 98.3 cm³/mol. The van der Waals surface area contributed by atoms with Crippen molar-refractivity contribution < 1.29 is 14.3 Å². The number of methoxy groups -OCH3 is 1. The fourth-order valence-electron chi connectivity index (χ4n) is 2.69. The molecule has 0 saturated carbocycles. The summed E-state index contributed by atoms with van der Waals surface area (Å²) in [6.45, 7) is 0. The monoisotopic (exact) mass is 349 g/mol. The van der Waals surface area contributed by atoms with Crippen LogP contribution in [0.1, 0.15) is 22.3 Å². The SMILES string of the molecule is COC(=O)CCc1cccc(NC(=O)c2ccccc2)c1-n1cccn1. The van der Waals surface area contributed by atoms with Gasteiger partial charge in [-0.15, -0.1) is 0 Å². The molecule has 26 heavy (non-hydrogen) atoms. The highest BCUT2D eigenvalue weighted by Gasteiger charge is 2.15. The van der Waals surface area contributed by atoms with Crippen molar-refractivity contribution in [3.8, 4) is 5.69 Å². The molecule has 0 unspecified atom stereocenters. The Balaban J connectivity index is 1.94. The fraction of sp³-hybridized carbons (Fsp3) is 0.150. The zero-order valence-corrected chi connectivity index (χ0v) is 14.4. The second-order valence-electron chi connectivity index (χ2n) is 5.66.